The first kappa shape index (κ1) is 19.8. The van der Waals surface area contributed by atoms with Gasteiger partial charge in [-0.3, -0.25) is 4.90 Å². The average molecular weight is 417 g/mol. The van der Waals surface area contributed by atoms with Crippen molar-refractivity contribution in [2.45, 2.75) is 50.7 Å². The van der Waals surface area contributed by atoms with E-state index < -0.39 is 6.09 Å². The second-order valence-corrected chi connectivity index (χ2v) is 9.69. The van der Waals surface area contributed by atoms with Crippen molar-refractivity contribution in [2.24, 2.45) is 5.41 Å². The lowest BCUT2D eigenvalue weighted by molar-refractivity contribution is 0.114. The van der Waals surface area contributed by atoms with Gasteiger partial charge in [0, 0.05) is 37.2 Å². The van der Waals surface area contributed by atoms with E-state index in [2.05, 4.69) is 29.2 Å². The van der Waals surface area contributed by atoms with E-state index in [1.807, 2.05) is 0 Å². The zero-order chi connectivity index (χ0) is 20.9. The Kier molecular flexibility index (Phi) is 4.97. The standard InChI is InChI=1S/C21H32N6O3/c1-25(2)12-21(6-7-21)13-30-19-23-17-9-22-8-5-16(17)18(24-19)26-10-14-3-4-15(11-26)27(14)20(28)29/h14-15,22H,3-13H2,1-2H3,(H,28,29). The summed E-state index contributed by atoms with van der Waals surface area (Å²) in [6.07, 6.45) is 4.33. The van der Waals surface area contributed by atoms with Crippen molar-refractivity contribution in [3.63, 3.8) is 0 Å². The number of carboxylic acid groups (broad SMARTS) is 1. The maximum atomic E-state index is 11.7. The van der Waals surface area contributed by atoms with E-state index in [9.17, 15) is 9.90 Å². The fourth-order valence-corrected chi connectivity index (χ4v) is 5.45. The van der Waals surface area contributed by atoms with Gasteiger partial charge in [0.2, 0.25) is 0 Å². The Labute approximate surface area is 177 Å². The van der Waals surface area contributed by atoms with Gasteiger partial charge in [0.1, 0.15) is 5.82 Å². The molecule has 4 heterocycles. The number of nitrogens with one attached hydrogen (secondary N) is 1. The Morgan fingerprint density at radius 3 is 2.63 bits per heavy atom. The molecule has 5 rings (SSSR count). The predicted octanol–water partition coefficient (Wildman–Crippen LogP) is 1.17. The molecule has 2 saturated heterocycles. The third-order valence-corrected chi connectivity index (χ3v) is 7.01. The van der Waals surface area contributed by atoms with Gasteiger partial charge >= 0.3 is 12.1 Å². The highest BCUT2D eigenvalue weighted by Gasteiger charge is 2.45. The minimum Gasteiger partial charge on any atom is -0.465 e. The van der Waals surface area contributed by atoms with E-state index in [-0.39, 0.29) is 17.5 Å². The number of hydrogen-bond acceptors (Lipinski definition) is 7. The minimum atomic E-state index is -0.796. The number of carbonyl (C=O) groups is 1. The van der Waals surface area contributed by atoms with Crippen LogP contribution in [0.3, 0.4) is 0 Å². The molecule has 3 aliphatic heterocycles. The van der Waals surface area contributed by atoms with Crippen molar-refractivity contribution in [2.75, 3.05) is 51.8 Å². The van der Waals surface area contributed by atoms with Crippen molar-refractivity contribution in [3.8, 4) is 6.01 Å². The normalized spacial score (nSPS) is 26.6. The number of rotatable bonds is 6. The smallest absolute Gasteiger partial charge is 0.407 e. The molecule has 9 heteroatoms. The van der Waals surface area contributed by atoms with E-state index in [4.69, 9.17) is 14.7 Å². The van der Waals surface area contributed by atoms with Crippen LogP contribution in [0.4, 0.5) is 10.6 Å². The molecule has 9 nitrogen and oxygen atoms in total. The number of anilines is 1. The lowest BCUT2D eigenvalue weighted by Gasteiger charge is -2.41. The van der Waals surface area contributed by atoms with Crippen LogP contribution in [0.1, 0.15) is 36.9 Å². The summed E-state index contributed by atoms with van der Waals surface area (Å²) in [5, 5.41) is 13.0. The van der Waals surface area contributed by atoms with Gasteiger partial charge in [0.05, 0.1) is 24.4 Å². The molecule has 1 aromatic rings. The molecule has 1 saturated carbocycles. The van der Waals surface area contributed by atoms with Gasteiger partial charge in [-0.05, 0) is 52.7 Å². The molecule has 1 aliphatic carbocycles. The topological polar surface area (TPSA) is 94.1 Å². The third-order valence-electron chi connectivity index (χ3n) is 7.01. The van der Waals surface area contributed by atoms with Crippen LogP contribution in [0.5, 0.6) is 6.01 Å². The first-order valence-electron chi connectivity index (χ1n) is 11.1. The number of hydrogen-bond donors (Lipinski definition) is 2. The van der Waals surface area contributed by atoms with Crippen LogP contribution in [0.25, 0.3) is 0 Å². The van der Waals surface area contributed by atoms with Crippen molar-refractivity contribution in [1.29, 1.82) is 0 Å². The Hall–Kier alpha value is -2.13. The van der Waals surface area contributed by atoms with Gasteiger partial charge in [0.15, 0.2) is 0 Å². The Morgan fingerprint density at radius 2 is 2.00 bits per heavy atom. The summed E-state index contributed by atoms with van der Waals surface area (Å²) >= 11 is 0. The van der Waals surface area contributed by atoms with Crippen LogP contribution in [-0.4, -0.2) is 89.9 Å². The molecule has 30 heavy (non-hydrogen) atoms. The molecule has 3 fully saturated rings. The van der Waals surface area contributed by atoms with Gasteiger partial charge in [-0.1, -0.05) is 0 Å². The summed E-state index contributed by atoms with van der Waals surface area (Å²) in [6, 6.07) is 0.561. The van der Waals surface area contributed by atoms with Crippen LogP contribution >= 0.6 is 0 Å². The van der Waals surface area contributed by atoms with E-state index in [0.717, 1.165) is 50.4 Å². The molecule has 0 spiro atoms. The zero-order valence-electron chi connectivity index (χ0n) is 17.9. The predicted molar refractivity (Wildman–Crippen MR) is 112 cm³/mol. The number of piperazine rings is 1. The number of fused-ring (bicyclic) bond motifs is 3. The maximum Gasteiger partial charge on any atom is 0.407 e. The summed E-state index contributed by atoms with van der Waals surface area (Å²) in [5.41, 5.74) is 2.44. The lowest BCUT2D eigenvalue weighted by Crippen LogP contribution is -2.56. The molecule has 2 unspecified atom stereocenters. The van der Waals surface area contributed by atoms with Crippen LogP contribution < -0.4 is 15.0 Å². The van der Waals surface area contributed by atoms with Crippen molar-refractivity contribution >= 4 is 11.9 Å². The van der Waals surface area contributed by atoms with Gasteiger partial charge in [-0.25, -0.2) is 4.79 Å². The molecular formula is C21H32N6O3. The monoisotopic (exact) mass is 416 g/mol. The number of amides is 1. The molecule has 0 aromatic carbocycles. The Bertz CT molecular complexity index is 813. The minimum absolute atomic E-state index is 0.0489. The first-order chi connectivity index (χ1) is 14.4. The molecule has 0 radical (unpaired) electrons. The van der Waals surface area contributed by atoms with Crippen molar-refractivity contribution in [3.05, 3.63) is 11.3 Å². The molecule has 4 aliphatic rings. The summed E-state index contributed by atoms with van der Waals surface area (Å²) < 4.78 is 6.15. The van der Waals surface area contributed by atoms with Gasteiger partial charge in [-0.2, -0.15) is 9.97 Å². The quantitative estimate of drug-likeness (QED) is 0.714. The van der Waals surface area contributed by atoms with Gasteiger partial charge in [-0.15, -0.1) is 0 Å². The highest BCUT2D eigenvalue weighted by Crippen LogP contribution is 2.46. The van der Waals surface area contributed by atoms with Crippen LogP contribution in [0.2, 0.25) is 0 Å². The molecule has 2 atom stereocenters. The Morgan fingerprint density at radius 1 is 1.27 bits per heavy atom. The summed E-state index contributed by atoms with van der Waals surface area (Å²) in [7, 11) is 4.20. The van der Waals surface area contributed by atoms with E-state index in [0.29, 0.717) is 25.7 Å². The van der Waals surface area contributed by atoms with Crippen LogP contribution in [-0.2, 0) is 13.0 Å². The van der Waals surface area contributed by atoms with Gasteiger partial charge in [0.25, 0.3) is 0 Å². The van der Waals surface area contributed by atoms with Crippen molar-refractivity contribution in [1.82, 2.24) is 25.1 Å². The number of ether oxygens (including phenoxy) is 1. The van der Waals surface area contributed by atoms with E-state index in [1.54, 1.807) is 4.90 Å². The molecule has 164 valence electrons. The molecule has 1 aromatic heterocycles. The fourth-order valence-electron chi connectivity index (χ4n) is 5.45. The van der Waals surface area contributed by atoms with E-state index in [1.165, 1.54) is 18.4 Å². The fraction of sp³-hybridized carbons (Fsp3) is 0.762. The SMILES string of the molecule is CN(C)CC1(COc2nc3c(c(N4CC5CCC(C4)N5C(=O)O)n2)CCNC3)CC1. The molecular weight excluding hydrogens is 384 g/mol. The highest BCUT2D eigenvalue weighted by molar-refractivity contribution is 5.67. The third kappa shape index (κ3) is 3.69. The molecule has 2 N–H and O–H groups in total. The van der Waals surface area contributed by atoms with Gasteiger partial charge < -0.3 is 25.0 Å². The summed E-state index contributed by atoms with van der Waals surface area (Å²) in [4.78, 5) is 27.4. The highest BCUT2D eigenvalue weighted by atomic mass is 16.5. The molecule has 2 bridgehead atoms. The summed E-state index contributed by atoms with van der Waals surface area (Å²) in [5.74, 6) is 0.955. The van der Waals surface area contributed by atoms with Crippen molar-refractivity contribution < 1.29 is 14.6 Å². The Balaban J connectivity index is 1.38. The summed E-state index contributed by atoms with van der Waals surface area (Å²) in [6.45, 7) is 4.71. The number of nitrogens with zero attached hydrogens (tertiary/aromatic N) is 5. The second kappa shape index (κ2) is 7.53. The average Bonchev–Trinajstić information content (AvgIpc) is 3.42. The van der Waals surface area contributed by atoms with Crippen LogP contribution in [0.15, 0.2) is 0 Å². The largest absolute Gasteiger partial charge is 0.465 e. The van der Waals surface area contributed by atoms with E-state index >= 15 is 0 Å². The first-order valence-corrected chi connectivity index (χ1v) is 11.1. The maximum absolute atomic E-state index is 11.7. The number of aromatic nitrogens is 2. The molecule has 1 amide bonds. The zero-order valence-corrected chi connectivity index (χ0v) is 17.9. The van der Waals surface area contributed by atoms with Crippen LogP contribution in [0, 0.1) is 5.41 Å². The lowest BCUT2D eigenvalue weighted by atomic mass is 10.1. The second-order valence-electron chi connectivity index (χ2n) is 9.69.